The summed E-state index contributed by atoms with van der Waals surface area (Å²) in [6, 6.07) is 10.8. The zero-order valence-electron chi connectivity index (χ0n) is 19.1. The van der Waals surface area contributed by atoms with E-state index in [1.165, 1.54) is 6.21 Å². The van der Waals surface area contributed by atoms with Crippen molar-refractivity contribution in [3.05, 3.63) is 58.7 Å². The van der Waals surface area contributed by atoms with E-state index in [0.717, 1.165) is 22.4 Å². The fourth-order valence-corrected chi connectivity index (χ4v) is 3.02. The zero-order valence-corrected chi connectivity index (χ0v) is 19.1. The fraction of sp³-hybridized carbons (Fsp3) is 0.333. The van der Waals surface area contributed by atoms with E-state index >= 15 is 0 Å². The number of anilines is 1. The highest BCUT2D eigenvalue weighted by Crippen LogP contribution is 2.22. The number of hydrogen-bond donors (Lipinski definition) is 3. The summed E-state index contributed by atoms with van der Waals surface area (Å²) in [6.45, 7) is 9.41. The van der Waals surface area contributed by atoms with Crippen molar-refractivity contribution in [3.63, 3.8) is 0 Å². The van der Waals surface area contributed by atoms with Gasteiger partial charge in [0.25, 0.3) is 5.91 Å². The average molecular weight is 439 g/mol. The van der Waals surface area contributed by atoms with Crippen molar-refractivity contribution in [2.45, 2.75) is 47.1 Å². The summed E-state index contributed by atoms with van der Waals surface area (Å²) in [6.07, 6.45) is 2.07. The minimum absolute atomic E-state index is 0.106. The molecule has 8 heteroatoms. The van der Waals surface area contributed by atoms with Crippen LogP contribution in [0.5, 0.6) is 5.75 Å². The minimum Gasteiger partial charge on any atom is -0.483 e. The number of amides is 3. The van der Waals surface area contributed by atoms with Gasteiger partial charge in [-0.1, -0.05) is 36.8 Å². The van der Waals surface area contributed by atoms with Gasteiger partial charge in [0.1, 0.15) is 5.75 Å². The lowest BCUT2D eigenvalue weighted by atomic mass is 10.1. The van der Waals surface area contributed by atoms with Crippen LogP contribution in [0.15, 0.2) is 41.5 Å². The summed E-state index contributed by atoms with van der Waals surface area (Å²) >= 11 is 0. The molecule has 0 aliphatic rings. The molecule has 0 saturated heterocycles. The highest BCUT2D eigenvalue weighted by molar-refractivity contribution is 6.35. The molecule has 8 nitrogen and oxygen atoms in total. The Morgan fingerprint density at radius 3 is 2.38 bits per heavy atom. The second-order valence-corrected chi connectivity index (χ2v) is 7.63. The monoisotopic (exact) mass is 438 g/mol. The van der Waals surface area contributed by atoms with E-state index in [4.69, 9.17) is 4.74 Å². The Hall–Kier alpha value is -3.68. The van der Waals surface area contributed by atoms with Crippen molar-refractivity contribution in [3.8, 4) is 5.75 Å². The summed E-state index contributed by atoms with van der Waals surface area (Å²) in [5.41, 5.74) is 6.61. The van der Waals surface area contributed by atoms with Gasteiger partial charge in [0, 0.05) is 17.3 Å². The molecule has 0 aliphatic heterocycles. The second-order valence-electron chi connectivity index (χ2n) is 7.63. The van der Waals surface area contributed by atoms with Crippen LogP contribution in [0.1, 0.15) is 42.5 Å². The Balaban J connectivity index is 1.96. The van der Waals surface area contributed by atoms with Gasteiger partial charge < -0.3 is 15.4 Å². The molecule has 3 amide bonds. The van der Waals surface area contributed by atoms with E-state index in [1.54, 1.807) is 31.2 Å². The Labute approximate surface area is 188 Å². The number of para-hydroxylation sites is 1. The molecule has 0 saturated carbocycles. The van der Waals surface area contributed by atoms with E-state index in [0.29, 0.717) is 17.7 Å². The van der Waals surface area contributed by atoms with Crippen LogP contribution in [0, 0.1) is 20.8 Å². The maximum absolute atomic E-state index is 12.4. The van der Waals surface area contributed by atoms with Gasteiger partial charge in [-0.05, 0) is 57.4 Å². The Morgan fingerprint density at radius 1 is 1.06 bits per heavy atom. The summed E-state index contributed by atoms with van der Waals surface area (Å²) < 4.78 is 5.65. The van der Waals surface area contributed by atoms with Crippen molar-refractivity contribution in [2.75, 3.05) is 11.9 Å². The van der Waals surface area contributed by atoms with Gasteiger partial charge in [-0.3, -0.25) is 14.4 Å². The molecule has 2 rings (SSSR count). The van der Waals surface area contributed by atoms with Crippen LogP contribution in [0.25, 0.3) is 0 Å². The first-order valence-electron chi connectivity index (χ1n) is 10.4. The topological polar surface area (TPSA) is 109 Å². The lowest BCUT2D eigenvalue weighted by molar-refractivity contribution is -0.139. The number of hydrazone groups is 1. The number of aryl methyl sites for hydroxylation is 3. The maximum atomic E-state index is 12.4. The number of nitrogens with zero attached hydrogens (tertiary/aromatic N) is 1. The molecule has 0 unspecified atom stereocenters. The van der Waals surface area contributed by atoms with Crippen LogP contribution >= 0.6 is 0 Å². The molecule has 0 bridgehead atoms. The fourth-order valence-electron chi connectivity index (χ4n) is 3.02. The first-order valence-corrected chi connectivity index (χ1v) is 10.4. The number of nitrogens with one attached hydrogen (secondary N) is 3. The number of benzene rings is 2. The molecule has 0 aromatic heterocycles. The molecule has 2 aromatic rings. The number of hydrogen-bond acceptors (Lipinski definition) is 5. The molecule has 170 valence electrons. The van der Waals surface area contributed by atoms with E-state index in [1.807, 2.05) is 39.8 Å². The minimum atomic E-state index is -0.858. The van der Waals surface area contributed by atoms with E-state index in [9.17, 15) is 14.4 Å². The molecular weight excluding hydrogens is 408 g/mol. The van der Waals surface area contributed by atoms with Gasteiger partial charge in [-0.15, -0.1) is 0 Å². The van der Waals surface area contributed by atoms with Crippen molar-refractivity contribution in [1.82, 2.24) is 10.7 Å². The van der Waals surface area contributed by atoms with Gasteiger partial charge >= 0.3 is 11.8 Å². The summed E-state index contributed by atoms with van der Waals surface area (Å²) in [7, 11) is 0. The lowest BCUT2D eigenvalue weighted by Gasteiger charge is -2.14. The highest BCUT2D eigenvalue weighted by Gasteiger charge is 2.14. The maximum Gasteiger partial charge on any atom is 0.329 e. The predicted molar refractivity (Wildman–Crippen MR) is 125 cm³/mol. The van der Waals surface area contributed by atoms with Crippen LogP contribution in [-0.4, -0.2) is 36.6 Å². The van der Waals surface area contributed by atoms with Gasteiger partial charge in [0.05, 0.1) is 6.21 Å². The van der Waals surface area contributed by atoms with Crippen LogP contribution in [0.4, 0.5) is 5.69 Å². The predicted octanol–water partition coefficient (Wildman–Crippen LogP) is 2.99. The molecule has 0 fully saturated rings. The normalized spacial score (nSPS) is 11.7. The summed E-state index contributed by atoms with van der Waals surface area (Å²) in [4.78, 5) is 36.0. The largest absolute Gasteiger partial charge is 0.483 e. The van der Waals surface area contributed by atoms with E-state index < -0.39 is 11.8 Å². The molecule has 2 aromatic carbocycles. The molecular formula is C24H30N4O4. The Bertz CT molecular complexity index is 994. The van der Waals surface area contributed by atoms with Crippen LogP contribution in [0.2, 0.25) is 0 Å². The number of rotatable bonds is 8. The van der Waals surface area contributed by atoms with Gasteiger partial charge in [0.15, 0.2) is 6.61 Å². The van der Waals surface area contributed by atoms with Gasteiger partial charge in [-0.2, -0.15) is 5.10 Å². The smallest absolute Gasteiger partial charge is 0.329 e. The third-order valence-corrected chi connectivity index (χ3v) is 4.79. The Morgan fingerprint density at radius 2 is 1.72 bits per heavy atom. The molecule has 1 atom stereocenters. The lowest BCUT2D eigenvalue weighted by Crippen LogP contribution is -2.41. The molecule has 0 spiro atoms. The molecule has 0 aliphatic carbocycles. The molecule has 0 radical (unpaired) electrons. The zero-order chi connectivity index (χ0) is 23.7. The van der Waals surface area contributed by atoms with Crippen molar-refractivity contribution >= 4 is 29.6 Å². The van der Waals surface area contributed by atoms with Crippen molar-refractivity contribution < 1.29 is 19.1 Å². The quantitative estimate of drug-likeness (QED) is 0.334. The van der Waals surface area contributed by atoms with Crippen LogP contribution in [0.3, 0.4) is 0 Å². The highest BCUT2D eigenvalue weighted by atomic mass is 16.5. The number of carbonyl (C=O) groups is 3. The summed E-state index contributed by atoms with van der Waals surface area (Å²) in [5.74, 6) is -1.48. The van der Waals surface area contributed by atoms with Crippen molar-refractivity contribution in [2.24, 2.45) is 5.10 Å². The van der Waals surface area contributed by atoms with Crippen LogP contribution < -0.4 is 20.8 Å². The van der Waals surface area contributed by atoms with E-state index in [2.05, 4.69) is 21.2 Å². The first kappa shape index (κ1) is 24.6. The average Bonchev–Trinajstić information content (AvgIpc) is 2.75. The summed E-state index contributed by atoms with van der Waals surface area (Å²) in [5, 5.41) is 9.26. The molecule has 3 N–H and O–H groups in total. The molecule has 0 heterocycles. The van der Waals surface area contributed by atoms with Crippen molar-refractivity contribution in [1.29, 1.82) is 0 Å². The van der Waals surface area contributed by atoms with Gasteiger partial charge in [-0.25, -0.2) is 5.43 Å². The van der Waals surface area contributed by atoms with Gasteiger partial charge in [0.2, 0.25) is 0 Å². The standard InChI is InChI=1S/C24H30N4O4/c1-6-18(5)26-23(30)24(31)28-25-13-19-9-7-8-10-20(19)32-14-21(29)27-22-16(3)11-15(2)12-17(22)4/h7-13,18H,6,14H2,1-5H3,(H,26,30)(H,27,29)(H,28,31)/b25-13-/t18-/m1/s1. The SMILES string of the molecule is CC[C@@H](C)NC(=O)C(=O)N/N=C\c1ccccc1OCC(=O)Nc1c(C)cc(C)cc1C. The Kier molecular flexibility index (Phi) is 8.95. The first-order chi connectivity index (χ1) is 15.2. The third kappa shape index (κ3) is 7.23. The molecule has 32 heavy (non-hydrogen) atoms. The number of carbonyl (C=O) groups excluding carboxylic acids is 3. The van der Waals surface area contributed by atoms with Crippen LogP contribution in [-0.2, 0) is 14.4 Å². The third-order valence-electron chi connectivity index (χ3n) is 4.79. The number of ether oxygens (including phenoxy) is 1. The van der Waals surface area contributed by atoms with E-state index in [-0.39, 0.29) is 18.6 Å². The second kappa shape index (κ2) is 11.6.